The van der Waals surface area contributed by atoms with Gasteiger partial charge >= 0.3 is 0 Å². The number of carbonyl (C=O) groups excluding carboxylic acids is 1. The molecule has 0 saturated carbocycles. The van der Waals surface area contributed by atoms with E-state index in [1.54, 1.807) is 29.8 Å². The van der Waals surface area contributed by atoms with E-state index in [4.69, 9.17) is 0 Å². The lowest BCUT2D eigenvalue weighted by Gasteiger charge is -2.30. The van der Waals surface area contributed by atoms with Crippen molar-refractivity contribution in [3.63, 3.8) is 0 Å². The zero-order valence-electron chi connectivity index (χ0n) is 16.3. The van der Waals surface area contributed by atoms with Gasteiger partial charge < -0.3 is 15.5 Å². The Hall–Kier alpha value is -3.29. The fourth-order valence-electron chi connectivity index (χ4n) is 3.66. The number of nitrogens with one attached hydrogen (secondary N) is 2. The van der Waals surface area contributed by atoms with Gasteiger partial charge in [-0.1, -0.05) is 24.3 Å². The van der Waals surface area contributed by atoms with E-state index < -0.39 is 0 Å². The predicted molar refractivity (Wildman–Crippen MR) is 122 cm³/mol. The SMILES string of the molecule is O=C(Nc1cnccc1N1CCNCC1)c1cccc(-c2cc3ccccc3s2)n1. The number of piperazine rings is 1. The number of pyridine rings is 2. The van der Waals surface area contributed by atoms with Crippen LogP contribution < -0.4 is 15.5 Å². The Bertz CT molecular complexity index is 1170. The first-order valence-corrected chi connectivity index (χ1v) is 10.8. The fraction of sp³-hybridized carbons (Fsp3) is 0.174. The minimum absolute atomic E-state index is 0.234. The minimum Gasteiger partial charge on any atom is -0.367 e. The fourth-order valence-corrected chi connectivity index (χ4v) is 4.69. The molecular weight excluding hydrogens is 394 g/mol. The number of carbonyl (C=O) groups is 1. The van der Waals surface area contributed by atoms with Gasteiger partial charge in [0, 0.05) is 37.1 Å². The molecule has 0 spiro atoms. The molecule has 0 unspecified atom stereocenters. The van der Waals surface area contributed by atoms with Gasteiger partial charge in [0.2, 0.25) is 0 Å². The second-order valence-corrected chi connectivity index (χ2v) is 8.22. The number of hydrogen-bond donors (Lipinski definition) is 2. The third-order valence-electron chi connectivity index (χ3n) is 5.16. The number of thiophene rings is 1. The van der Waals surface area contributed by atoms with E-state index in [2.05, 4.69) is 43.7 Å². The molecule has 1 aliphatic heterocycles. The van der Waals surface area contributed by atoms with E-state index in [0.717, 1.165) is 42.4 Å². The van der Waals surface area contributed by atoms with Gasteiger partial charge in [-0.2, -0.15) is 0 Å². The number of hydrogen-bond acceptors (Lipinski definition) is 6. The summed E-state index contributed by atoms with van der Waals surface area (Å²) in [5, 5.41) is 7.54. The molecule has 1 saturated heterocycles. The molecule has 4 aromatic rings. The van der Waals surface area contributed by atoms with Crippen molar-refractivity contribution >= 4 is 38.7 Å². The van der Waals surface area contributed by atoms with Crippen molar-refractivity contribution < 1.29 is 4.79 Å². The van der Waals surface area contributed by atoms with Crippen molar-refractivity contribution in [3.05, 3.63) is 72.7 Å². The van der Waals surface area contributed by atoms with Crippen LogP contribution >= 0.6 is 11.3 Å². The highest BCUT2D eigenvalue weighted by Gasteiger charge is 2.17. The van der Waals surface area contributed by atoms with Crippen molar-refractivity contribution in [1.29, 1.82) is 0 Å². The lowest BCUT2D eigenvalue weighted by atomic mass is 10.2. The number of nitrogens with zero attached hydrogens (tertiary/aromatic N) is 3. The Morgan fingerprint density at radius 2 is 1.93 bits per heavy atom. The summed E-state index contributed by atoms with van der Waals surface area (Å²) in [5.41, 5.74) is 2.89. The number of amides is 1. The maximum Gasteiger partial charge on any atom is 0.274 e. The molecule has 5 rings (SSSR count). The van der Waals surface area contributed by atoms with E-state index in [9.17, 15) is 4.79 Å². The van der Waals surface area contributed by atoms with Crippen LogP contribution in [0.15, 0.2) is 67.0 Å². The molecule has 4 heterocycles. The quantitative estimate of drug-likeness (QED) is 0.527. The van der Waals surface area contributed by atoms with Gasteiger partial charge in [0.15, 0.2) is 0 Å². The van der Waals surface area contributed by atoms with Gasteiger partial charge in [-0.05, 0) is 35.7 Å². The highest BCUT2D eigenvalue weighted by atomic mass is 32.1. The number of benzene rings is 1. The highest BCUT2D eigenvalue weighted by Crippen LogP contribution is 2.32. The highest BCUT2D eigenvalue weighted by molar-refractivity contribution is 7.22. The molecule has 6 nitrogen and oxygen atoms in total. The van der Waals surface area contributed by atoms with Crippen LogP contribution in [0.1, 0.15) is 10.5 Å². The van der Waals surface area contributed by atoms with Gasteiger partial charge in [0.05, 0.1) is 28.1 Å². The van der Waals surface area contributed by atoms with Gasteiger partial charge in [0.25, 0.3) is 5.91 Å². The molecule has 1 amide bonds. The van der Waals surface area contributed by atoms with Crippen LogP contribution in [0.5, 0.6) is 0 Å². The minimum atomic E-state index is -0.234. The lowest BCUT2D eigenvalue weighted by Crippen LogP contribution is -2.43. The van der Waals surface area contributed by atoms with Crippen LogP contribution in [-0.4, -0.2) is 42.1 Å². The smallest absolute Gasteiger partial charge is 0.274 e. The Balaban J connectivity index is 1.40. The molecule has 3 aromatic heterocycles. The molecule has 0 bridgehead atoms. The molecular formula is C23H21N5OS. The Kier molecular flexibility index (Phi) is 5.13. The monoisotopic (exact) mass is 415 g/mol. The van der Waals surface area contributed by atoms with Crippen molar-refractivity contribution in [2.45, 2.75) is 0 Å². The first-order valence-electron chi connectivity index (χ1n) is 9.95. The Morgan fingerprint density at radius 1 is 1.07 bits per heavy atom. The topological polar surface area (TPSA) is 70.2 Å². The van der Waals surface area contributed by atoms with Crippen LogP contribution in [-0.2, 0) is 0 Å². The normalized spacial score (nSPS) is 14.1. The van der Waals surface area contributed by atoms with Crippen LogP contribution in [0.4, 0.5) is 11.4 Å². The zero-order valence-corrected chi connectivity index (χ0v) is 17.2. The van der Waals surface area contributed by atoms with Crippen molar-refractivity contribution in [1.82, 2.24) is 15.3 Å². The third-order valence-corrected chi connectivity index (χ3v) is 6.30. The Labute approximate surface area is 178 Å². The van der Waals surface area contributed by atoms with Gasteiger partial charge in [-0.3, -0.25) is 9.78 Å². The summed E-state index contributed by atoms with van der Waals surface area (Å²) in [4.78, 5) is 25.1. The first kappa shape index (κ1) is 18.7. The molecule has 1 aromatic carbocycles. The summed E-state index contributed by atoms with van der Waals surface area (Å²) in [6, 6.07) is 17.9. The summed E-state index contributed by atoms with van der Waals surface area (Å²) >= 11 is 1.68. The standard InChI is InChI=1S/C23H21N5OS/c29-23(27-19-15-25-9-8-20(19)28-12-10-24-11-13-28)18-6-3-5-17(26-18)22-14-16-4-1-2-7-21(16)30-22/h1-9,14-15,24H,10-13H2,(H,27,29). The van der Waals surface area contributed by atoms with E-state index in [1.807, 2.05) is 30.3 Å². The summed E-state index contributed by atoms with van der Waals surface area (Å²) in [7, 11) is 0. The van der Waals surface area contributed by atoms with Crippen molar-refractivity contribution in [3.8, 4) is 10.6 Å². The van der Waals surface area contributed by atoms with E-state index in [0.29, 0.717) is 11.4 Å². The maximum absolute atomic E-state index is 13.0. The summed E-state index contributed by atoms with van der Waals surface area (Å²) in [6.45, 7) is 3.64. The molecule has 30 heavy (non-hydrogen) atoms. The second-order valence-electron chi connectivity index (χ2n) is 7.14. The molecule has 0 radical (unpaired) electrons. The van der Waals surface area contributed by atoms with E-state index in [1.165, 1.54) is 10.1 Å². The molecule has 0 atom stereocenters. The van der Waals surface area contributed by atoms with Gasteiger partial charge in [0.1, 0.15) is 5.69 Å². The summed E-state index contributed by atoms with van der Waals surface area (Å²) in [5.74, 6) is -0.234. The molecule has 0 aliphatic carbocycles. The third kappa shape index (κ3) is 3.77. The average Bonchev–Trinajstić information content (AvgIpc) is 3.25. The largest absolute Gasteiger partial charge is 0.367 e. The molecule has 1 aliphatic rings. The van der Waals surface area contributed by atoms with Gasteiger partial charge in [-0.15, -0.1) is 11.3 Å². The van der Waals surface area contributed by atoms with Gasteiger partial charge in [-0.25, -0.2) is 4.98 Å². The molecule has 150 valence electrons. The molecule has 1 fully saturated rings. The summed E-state index contributed by atoms with van der Waals surface area (Å²) < 4.78 is 1.21. The zero-order chi connectivity index (χ0) is 20.3. The van der Waals surface area contributed by atoms with Crippen molar-refractivity contribution in [2.75, 3.05) is 36.4 Å². The predicted octanol–water partition coefficient (Wildman–Crippen LogP) is 4.02. The number of aromatic nitrogens is 2. The van der Waals surface area contributed by atoms with E-state index >= 15 is 0 Å². The van der Waals surface area contributed by atoms with Crippen LogP contribution in [0, 0.1) is 0 Å². The molecule has 2 N–H and O–H groups in total. The Morgan fingerprint density at radius 3 is 2.80 bits per heavy atom. The second kappa shape index (κ2) is 8.22. The number of anilines is 2. The van der Waals surface area contributed by atoms with E-state index in [-0.39, 0.29) is 5.91 Å². The first-order chi connectivity index (χ1) is 14.8. The number of rotatable bonds is 4. The van der Waals surface area contributed by atoms with Crippen LogP contribution in [0.2, 0.25) is 0 Å². The molecule has 7 heteroatoms. The lowest BCUT2D eigenvalue weighted by molar-refractivity contribution is 0.102. The van der Waals surface area contributed by atoms with Crippen LogP contribution in [0.3, 0.4) is 0 Å². The summed E-state index contributed by atoms with van der Waals surface area (Å²) in [6.07, 6.45) is 3.46. The van der Waals surface area contributed by atoms with Crippen LogP contribution in [0.25, 0.3) is 20.7 Å². The average molecular weight is 416 g/mol. The maximum atomic E-state index is 13.0. The number of fused-ring (bicyclic) bond motifs is 1. The van der Waals surface area contributed by atoms with Crippen molar-refractivity contribution in [2.24, 2.45) is 0 Å².